The lowest BCUT2D eigenvalue weighted by atomic mass is 10.0. The van der Waals surface area contributed by atoms with E-state index in [-0.39, 0.29) is 11.7 Å². The lowest BCUT2D eigenvalue weighted by Crippen LogP contribution is -2.31. The number of aromatic nitrogens is 4. The van der Waals surface area contributed by atoms with E-state index in [1.54, 1.807) is 35.2 Å². The summed E-state index contributed by atoms with van der Waals surface area (Å²) < 4.78 is 22.7. The Bertz CT molecular complexity index is 1220. The highest BCUT2D eigenvalue weighted by Gasteiger charge is 2.25. The lowest BCUT2D eigenvalue weighted by molar-refractivity contribution is 0.0940. The van der Waals surface area contributed by atoms with Gasteiger partial charge in [-0.25, -0.2) is 9.37 Å². The molecule has 0 saturated carbocycles. The first-order valence-corrected chi connectivity index (χ1v) is 9.51. The van der Waals surface area contributed by atoms with Gasteiger partial charge < -0.3 is 14.4 Å². The number of aryl methyl sites for hydroxylation is 3. The van der Waals surface area contributed by atoms with Crippen molar-refractivity contribution in [1.82, 2.24) is 24.6 Å². The van der Waals surface area contributed by atoms with Crippen molar-refractivity contribution < 1.29 is 13.7 Å². The Hall–Kier alpha value is -3.68. The number of imidazole rings is 1. The summed E-state index contributed by atoms with van der Waals surface area (Å²) in [6, 6.07) is 9.16. The predicted octanol–water partition coefficient (Wildman–Crippen LogP) is 3.78. The van der Waals surface area contributed by atoms with Gasteiger partial charge in [0.25, 0.3) is 5.91 Å². The zero-order chi connectivity index (χ0) is 21.4. The number of hydrogen-bond acceptors (Lipinski definition) is 4. The first-order valence-electron chi connectivity index (χ1n) is 9.51. The van der Waals surface area contributed by atoms with E-state index in [0.717, 1.165) is 11.4 Å². The largest absolute Gasteiger partial charge is 0.360 e. The number of hydrogen-bond donors (Lipinski definition) is 1. The fourth-order valence-corrected chi connectivity index (χ4v) is 3.65. The van der Waals surface area contributed by atoms with Crippen LogP contribution in [0.3, 0.4) is 0 Å². The molecule has 0 saturated heterocycles. The van der Waals surface area contributed by atoms with Crippen molar-refractivity contribution in [3.8, 4) is 5.82 Å². The SMILES string of the molecule is Cc1cc(-n2c(C)cc(C(=O)NC(c3cccc(F)c3)c3nccn3C)c2C)no1. The van der Waals surface area contributed by atoms with Crippen molar-refractivity contribution >= 4 is 5.91 Å². The summed E-state index contributed by atoms with van der Waals surface area (Å²) in [5.74, 6) is 1.25. The minimum absolute atomic E-state index is 0.285. The van der Waals surface area contributed by atoms with Crippen molar-refractivity contribution in [2.24, 2.45) is 7.05 Å². The van der Waals surface area contributed by atoms with E-state index < -0.39 is 6.04 Å². The Balaban J connectivity index is 1.71. The molecule has 0 aliphatic rings. The number of halogens is 1. The third-order valence-electron chi connectivity index (χ3n) is 5.09. The number of carbonyl (C=O) groups is 1. The van der Waals surface area contributed by atoms with Gasteiger partial charge in [0, 0.05) is 36.9 Å². The van der Waals surface area contributed by atoms with Gasteiger partial charge in [-0.1, -0.05) is 17.3 Å². The first kappa shape index (κ1) is 19.6. The van der Waals surface area contributed by atoms with E-state index in [1.807, 2.05) is 38.5 Å². The quantitative estimate of drug-likeness (QED) is 0.546. The molecule has 1 unspecified atom stereocenters. The fourth-order valence-electron chi connectivity index (χ4n) is 3.65. The normalized spacial score (nSPS) is 12.2. The van der Waals surface area contributed by atoms with E-state index in [9.17, 15) is 9.18 Å². The molecule has 1 aromatic carbocycles. The van der Waals surface area contributed by atoms with Crippen LogP contribution in [0.25, 0.3) is 5.82 Å². The standard InChI is InChI=1S/C22H22FN5O2/c1-13-10-18(15(3)28(13)19-11-14(2)30-26-19)22(29)25-20(21-24-8-9-27(21)4)16-6-5-7-17(23)12-16/h5-12,20H,1-4H3,(H,25,29). The Morgan fingerprint density at radius 2 is 2.00 bits per heavy atom. The molecular weight excluding hydrogens is 385 g/mol. The lowest BCUT2D eigenvalue weighted by Gasteiger charge is -2.19. The highest BCUT2D eigenvalue weighted by Crippen LogP contribution is 2.24. The molecule has 0 spiro atoms. The molecule has 0 radical (unpaired) electrons. The maximum absolute atomic E-state index is 13.9. The summed E-state index contributed by atoms with van der Waals surface area (Å²) in [4.78, 5) is 17.6. The fraction of sp³-hybridized carbons (Fsp3) is 0.227. The van der Waals surface area contributed by atoms with Gasteiger partial charge in [0.2, 0.25) is 0 Å². The van der Waals surface area contributed by atoms with E-state index >= 15 is 0 Å². The van der Waals surface area contributed by atoms with E-state index in [4.69, 9.17) is 4.52 Å². The van der Waals surface area contributed by atoms with Crippen molar-refractivity contribution in [1.29, 1.82) is 0 Å². The maximum Gasteiger partial charge on any atom is 0.253 e. The molecule has 1 atom stereocenters. The molecule has 1 amide bonds. The average molecular weight is 407 g/mol. The van der Waals surface area contributed by atoms with Crippen LogP contribution in [0.1, 0.15) is 44.9 Å². The summed E-state index contributed by atoms with van der Waals surface area (Å²) >= 11 is 0. The van der Waals surface area contributed by atoms with Crippen molar-refractivity contribution in [2.75, 3.05) is 0 Å². The van der Waals surface area contributed by atoms with Gasteiger partial charge in [0.1, 0.15) is 23.4 Å². The van der Waals surface area contributed by atoms with Crippen LogP contribution in [0.5, 0.6) is 0 Å². The Kier molecular flexibility index (Phi) is 4.99. The van der Waals surface area contributed by atoms with Crippen molar-refractivity contribution in [3.63, 3.8) is 0 Å². The highest BCUT2D eigenvalue weighted by atomic mass is 19.1. The number of nitrogens with one attached hydrogen (secondary N) is 1. The van der Waals surface area contributed by atoms with Gasteiger partial charge in [0.05, 0.1) is 5.56 Å². The van der Waals surface area contributed by atoms with Crippen LogP contribution < -0.4 is 5.32 Å². The van der Waals surface area contributed by atoms with E-state index in [2.05, 4.69) is 15.5 Å². The average Bonchev–Trinajstić information content (AvgIpc) is 3.39. The van der Waals surface area contributed by atoms with Crippen LogP contribution in [-0.4, -0.2) is 25.2 Å². The summed E-state index contributed by atoms with van der Waals surface area (Å²) in [7, 11) is 1.83. The molecule has 30 heavy (non-hydrogen) atoms. The molecule has 3 heterocycles. The van der Waals surface area contributed by atoms with Gasteiger partial charge in [-0.2, -0.15) is 0 Å². The van der Waals surface area contributed by atoms with Gasteiger partial charge in [-0.05, 0) is 44.5 Å². The summed E-state index contributed by atoms with van der Waals surface area (Å²) in [5.41, 5.74) is 2.70. The second kappa shape index (κ2) is 7.62. The predicted molar refractivity (Wildman–Crippen MR) is 109 cm³/mol. The third kappa shape index (κ3) is 3.52. The molecule has 1 N–H and O–H groups in total. The molecule has 3 aromatic heterocycles. The van der Waals surface area contributed by atoms with Crippen LogP contribution in [0, 0.1) is 26.6 Å². The molecule has 4 aromatic rings. The Morgan fingerprint density at radius 3 is 2.63 bits per heavy atom. The molecule has 0 aliphatic heterocycles. The van der Waals surface area contributed by atoms with Crippen LogP contribution in [-0.2, 0) is 7.05 Å². The molecule has 8 heteroatoms. The van der Waals surface area contributed by atoms with E-state index in [1.165, 1.54) is 12.1 Å². The summed E-state index contributed by atoms with van der Waals surface area (Å²) in [6.45, 7) is 5.56. The van der Waals surface area contributed by atoms with Gasteiger partial charge in [-0.15, -0.1) is 0 Å². The molecule has 0 aliphatic carbocycles. The van der Waals surface area contributed by atoms with Crippen LogP contribution in [0.4, 0.5) is 4.39 Å². The van der Waals surface area contributed by atoms with Gasteiger partial charge in [-0.3, -0.25) is 9.36 Å². The Labute approximate surface area is 173 Å². The first-order chi connectivity index (χ1) is 14.3. The van der Waals surface area contributed by atoms with Crippen molar-refractivity contribution in [2.45, 2.75) is 26.8 Å². The molecule has 154 valence electrons. The van der Waals surface area contributed by atoms with Crippen LogP contribution >= 0.6 is 0 Å². The van der Waals surface area contributed by atoms with Gasteiger partial charge in [0.15, 0.2) is 5.82 Å². The summed E-state index contributed by atoms with van der Waals surface area (Å²) in [6.07, 6.45) is 3.43. The number of carbonyl (C=O) groups excluding carboxylic acids is 1. The molecular formula is C22H22FN5O2. The second-order valence-corrected chi connectivity index (χ2v) is 7.27. The topological polar surface area (TPSA) is 77.9 Å². The van der Waals surface area contributed by atoms with Crippen molar-refractivity contribution in [3.05, 3.63) is 88.7 Å². The molecule has 7 nitrogen and oxygen atoms in total. The Morgan fingerprint density at radius 1 is 1.20 bits per heavy atom. The summed E-state index contributed by atoms with van der Waals surface area (Å²) in [5, 5.41) is 7.06. The minimum Gasteiger partial charge on any atom is -0.360 e. The molecule has 0 fully saturated rings. The zero-order valence-electron chi connectivity index (χ0n) is 17.2. The number of amides is 1. The highest BCUT2D eigenvalue weighted by molar-refractivity contribution is 5.96. The number of rotatable bonds is 5. The third-order valence-corrected chi connectivity index (χ3v) is 5.09. The molecule has 0 bridgehead atoms. The van der Waals surface area contributed by atoms with E-state index in [0.29, 0.717) is 28.5 Å². The number of benzene rings is 1. The monoisotopic (exact) mass is 407 g/mol. The molecule has 4 rings (SSSR count). The maximum atomic E-state index is 13.9. The van der Waals surface area contributed by atoms with Gasteiger partial charge >= 0.3 is 0 Å². The number of nitrogens with zero attached hydrogens (tertiary/aromatic N) is 4. The zero-order valence-corrected chi connectivity index (χ0v) is 17.2. The smallest absolute Gasteiger partial charge is 0.253 e. The van der Waals surface area contributed by atoms with Crippen LogP contribution in [0.2, 0.25) is 0 Å². The second-order valence-electron chi connectivity index (χ2n) is 7.27. The van der Waals surface area contributed by atoms with Crippen LogP contribution in [0.15, 0.2) is 53.3 Å². The minimum atomic E-state index is -0.606.